The molecule has 2 atom stereocenters. The van der Waals surface area contributed by atoms with Crippen LogP contribution in [0.5, 0.6) is 0 Å². The van der Waals surface area contributed by atoms with Gasteiger partial charge in [0.05, 0.1) is 6.10 Å². The van der Waals surface area contributed by atoms with Gasteiger partial charge in [-0.2, -0.15) is 0 Å². The zero-order valence-corrected chi connectivity index (χ0v) is 11.5. The predicted octanol–water partition coefficient (Wildman–Crippen LogP) is 3.56. The van der Waals surface area contributed by atoms with Crippen LogP contribution in [0.3, 0.4) is 0 Å². The molecule has 0 saturated carbocycles. The molecule has 2 N–H and O–H groups in total. The fourth-order valence-corrected chi connectivity index (χ4v) is 2.76. The summed E-state index contributed by atoms with van der Waals surface area (Å²) in [6, 6.07) is 8.20. The van der Waals surface area contributed by atoms with Gasteiger partial charge in [0.15, 0.2) is 0 Å². The number of hydrogen-bond acceptors (Lipinski definition) is 2. The van der Waals surface area contributed by atoms with Gasteiger partial charge >= 0.3 is 0 Å². The molecule has 2 unspecified atom stereocenters. The van der Waals surface area contributed by atoms with Crippen molar-refractivity contribution in [1.29, 1.82) is 0 Å². The van der Waals surface area contributed by atoms with E-state index >= 15 is 0 Å². The SMILES string of the molecule is NC(CCCC1CCCO1)Cc1cccc(Cl)c1. The van der Waals surface area contributed by atoms with Crippen LogP contribution >= 0.6 is 11.6 Å². The maximum atomic E-state index is 6.16. The van der Waals surface area contributed by atoms with Gasteiger partial charge in [-0.1, -0.05) is 23.7 Å². The summed E-state index contributed by atoms with van der Waals surface area (Å²) in [6.45, 7) is 0.944. The summed E-state index contributed by atoms with van der Waals surface area (Å²) in [7, 11) is 0. The molecule has 0 amide bonds. The van der Waals surface area contributed by atoms with Crippen molar-refractivity contribution in [2.45, 2.75) is 50.7 Å². The normalized spacial score (nSPS) is 21.1. The number of nitrogens with two attached hydrogens (primary N) is 1. The van der Waals surface area contributed by atoms with Crippen LogP contribution in [0.4, 0.5) is 0 Å². The maximum absolute atomic E-state index is 6.16. The Morgan fingerprint density at radius 2 is 2.33 bits per heavy atom. The molecule has 3 heteroatoms. The number of ether oxygens (including phenoxy) is 1. The van der Waals surface area contributed by atoms with Crippen molar-refractivity contribution in [3.63, 3.8) is 0 Å². The van der Waals surface area contributed by atoms with E-state index in [0.717, 1.165) is 37.3 Å². The maximum Gasteiger partial charge on any atom is 0.0576 e. The minimum atomic E-state index is 0.227. The van der Waals surface area contributed by atoms with Gasteiger partial charge in [-0.15, -0.1) is 0 Å². The molecule has 1 aliphatic rings. The van der Waals surface area contributed by atoms with Crippen LogP contribution in [0.1, 0.15) is 37.7 Å². The zero-order chi connectivity index (χ0) is 12.8. The van der Waals surface area contributed by atoms with Gasteiger partial charge in [-0.25, -0.2) is 0 Å². The third-order valence-corrected chi connectivity index (χ3v) is 3.75. The lowest BCUT2D eigenvalue weighted by Crippen LogP contribution is -2.23. The molecule has 18 heavy (non-hydrogen) atoms. The molecule has 2 nitrogen and oxygen atoms in total. The van der Waals surface area contributed by atoms with Crippen molar-refractivity contribution >= 4 is 11.6 Å². The molecule has 0 aromatic heterocycles. The number of rotatable bonds is 6. The Balaban J connectivity index is 1.66. The Labute approximate surface area is 114 Å². The smallest absolute Gasteiger partial charge is 0.0576 e. The van der Waals surface area contributed by atoms with Crippen molar-refractivity contribution in [1.82, 2.24) is 0 Å². The highest BCUT2D eigenvalue weighted by Gasteiger charge is 2.15. The molecule has 1 heterocycles. The van der Waals surface area contributed by atoms with Gasteiger partial charge in [0.1, 0.15) is 0 Å². The summed E-state index contributed by atoms with van der Waals surface area (Å²) in [5.41, 5.74) is 7.39. The standard InChI is InChI=1S/C15H22ClNO/c16-13-5-1-4-12(10-13)11-14(17)6-2-7-15-8-3-9-18-15/h1,4-5,10,14-15H,2-3,6-9,11,17H2. The topological polar surface area (TPSA) is 35.2 Å². The summed E-state index contributed by atoms with van der Waals surface area (Å²) in [4.78, 5) is 0. The summed E-state index contributed by atoms with van der Waals surface area (Å²) < 4.78 is 5.61. The van der Waals surface area contributed by atoms with Gasteiger partial charge in [0.25, 0.3) is 0 Å². The zero-order valence-electron chi connectivity index (χ0n) is 10.8. The predicted molar refractivity (Wildman–Crippen MR) is 76.0 cm³/mol. The average molecular weight is 268 g/mol. The minimum absolute atomic E-state index is 0.227. The van der Waals surface area contributed by atoms with E-state index < -0.39 is 0 Å². The van der Waals surface area contributed by atoms with E-state index in [-0.39, 0.29) is 6.04 Å². The first-order valence-electron chi connectivity index (χ1n) is 6.85. The quantitative estimate of drug-likeness (QED) is 0.855. The summed E-state index contributed by atoms with van der Waals surface area (Å²) in [5.74, 6) is 0. The lowest BCUT2D eigenvalue weighted by atomic mass is 10.00. The van der Waals surface area contributed by atoms with E-state index in [1.807, 2.05) is 18.2 Å². The first kappa shape index (κ1) is 13.9. The van der Waals surface area contributed by atoms with Crippen molar-refractivity contribution in [2.75, 3.05) is 6.61 Å². The van der Waals surface area contributed by atoms with Gasteiger partial charge < -0.3 is 10.5 Å². The van der Waals surface area contributed by atoms with E-state index in [9.17, 15) is 0 Å². The Hall–Kier alpha value is -0.570. The molecule has 1 saturated heterocycles. The molecule has 0 radical (unpaired) electrons. The fraction of sp³-hybridized carbons (Fsp3) is 0.600. The molecule has 1 aliphatic heterocycles. The van der Waals surface area contributed by atoms with Crippen LogP contribution < -0.4 is 5.73 Å². The van der Waals surface area contributed by atoms with Crippen molar-refractivity contribution in [3.05, 3.63) is 34.9 Å². The number of hydrogen-bond donors (Lipinski definition) is 1. The third-order valence-electron chi connectivity index (χ3n) is 3.51. The summed E-state index contributed by atoms with van der Waals surface area (Å²) >= 11 is 5.96. The second-order valence-electron chi connectivity index (χ2n) is 5.16. The van der Waals surface area contributed by atoms with Crippen LogP contribution in [0.25, 0.3) is 0 Å². The Bertz CT molecular complexity index is 363. The second-order valence-corrected chi connectivity index (χ2v) is 5.60. The molecular weight excluding hydrogens is 246 g/mol. The van der Waals surface area contributed by atoms with Crippen LogP contribution in [-0.4, -0.2) is 18.8 Å². The molecular formula is C15H22ClNO. The van der Waals surface area contributed by atoms with E-state index in [2.05, 4.69) is 6.07 Å². The van der Waals surface area contributed by atoms with Crippen LogP contribution in [-0.2, 0) is 11.2 Å². The van der Waals surface area contributed by atoms with Gasteiger partial charge in [0, 0.05) is 17.7 Å². The highest BCUT2D eigenvalue weighted by atomic mass is 35.5. The van der Waals surface area contributed by atoms with Crippen molar-refractivity contribution < 1.29 is 4.74 Å². The Kier molecular flexibility index (Phi) is 5.48. The van der Waals surface area contributed by atoms with Gasteiger partial charge in [-0.05, 0) is 56.2 Å². The minimum Gasteiger partial charge on any atom is -0.378 e. The fourth-order valence-electron chi connectivity index (χ4n) is 2.55. The molecule has 1 fully saturated rings. The third kappa shape index (κ3) is 4.60. The van der Waals surface area contributed by atoms with Crippen molar-refractivity contribution in [2.24, 2.45) is 5.73 Å². The first-order chi connectivity index (χ1) is 8.74. The second kappa shape index (κ2) is 7.13. The molecule has 2 rings (SSSR count). The Morgan fingerprint density at radius 3 is 3.06 bits per heavy atom. The molecule has 1 aromatic carbocycles. The first-order valence-corrected chi connectivity index (χ1v) is 7.23. The monoisotopic (exact) mass is 267 g/mol. The van der Waals surface area contributed by atoms with E-state index in [1.165, 1.54) is 18.4 Å². The molecule has 0 bridgehead atoms. The summed E-state index contributed by atoms with van der Waals surface area (Å²) in [5, 5.41) is 0.791. The number of halogens is 1. The highest BCUT2D eigenvalue weighted by molar-refractivity contribution is 6.30. The lowest BCUT2D eigenvalue weighted by Gasteiger charge is -2.13. The molecule has 0 aliphatic carbocycles. The highest BCUT2D eigenvalue weighted by Crippen LogP contribution is 2.19. The molecule has 0 spiro atoms. The van der Waals surface area contributed by atoms with E-state index in [0.29, 0.717) is 6.10 Å². The lowest BCUT2D eigenvalue weighted by molar-refractivity contribution is 0.101. The summed E-state index contributed by atoms with van der Waals surface area (Å²) in [6.07, 6.45) is 7.22. The van der Waals surface area contributed by atoms with Gasteiger partial charge in [-0.3, -0.25) is 0 Å². The van der Waals surface area contributed by atoms with Crippen LogP contribution in [0, 0.1) is 0 Å². The van der Waals surface area contributed by atoms with Gasteiger partial charge in [0.2, 0.25) is 0 Å². The van der Waals surface area contributed by atoms with Crippen LogP contribution in [0.15, 0.2) is 24.3 Å². The molecule has 1 aromatic rings. The van der Waals surface area contributed by atoms with Crippen molar-refractivity contribution in [3.8, 4) is 0 Å². The van der Waals surface area contributed by atoms with E-state index in [1.54, 1.807) is 0 Å². The average Bonchev–Trinajstić information content (AvgIpc) is 2.82. The Morgan fingerprint density at radius 1 is 1.44 bits per heavy atom. The molecule has 100 valence electrons. The number of benzene rings is 1. The van der Waals surface area contributed by atoms with Crippen LogP contribution in [0.2, 0.25) is 5.02 Å². The largest absolute Gasteiger partial charge is 0.378 e. The van der Waals surface area contributed by atoms with E-state index in [4.69, 9.17) is 22.1 Å².